The van der Waals surface area contributed by atoms with Crippen molar-refractivity contribution in [1.82, 2.24) is 19.9 Å². The predicted molar refractivity (Wildman–Crippen MR) is 104 cm³/mol. The SMILES string of the molecule is Cc1nc(Cl)c(-c2ccc3c(c2)OCO3)c(OCCOc2ncc(Br)cn2)n1. The fourth-order valence-corrected chi connectivity index (χ4v) is 3.08. The van der Waals surface area contributed by atoms with Crippen molar-refractivity contribution in [3.05, 3.63) is 46.0 Å². The van der Waals surface area contributed by atoms with Crippen LogP contribution in [0.15, 0.2) is 35.1 Å². The van der Waals surface area contributed by atoms with E-state index in [2.05, 4.69) is 35.9 Å². The van der Waals surface area contributed by atoms with Gasteiger partial charge in [-0.25, -0.2) is 15.0 Å². The van der Waals surface area contributed by atoms with Gasteiger partial charge in [0.25, 0.3) is 0 Å². The molecule has 0 saturated heterocycles. The molecule has 0 radical (unpaired) electrons. The second-order valence-electron chi connectivity index (χ2n) is 5.69. The van der Waals surface area contributed by atoms with Gasteiger partial charge in [-0.1, -0.05) is 17.7 Å². The molecule has 0 fully saturated rings. The summed E-state index contributed by atoms with van der Waals surface area (Å²) < 4.78 is 22.8. The molecule has 1 aromatic carbocycles. The van der Waals surface area contributed by atoms with Crippen molar-refractivity contribution in [3.8, 4) is 34.5 Å². The van der Waals surface area contributed by atoms with E-state index in [1.54, 1.807) is 19.3 Å². The van der Waals surface area contributed by atoms with Crippen LogP contribution in [-0.2, 0) is 0 Å². The van der Waals surface area contributed by atoms with Gasteiger partial charge in [-0.15, -0.1) is 0 Å². The van der Waals surface area contributed by atoms with Crippen LogP contribution in [0.1, 0.15) is 5.82 Å². The Balaban J connectivity index is 1.51. The Morgan fingerprint density at radius 2 is 1.82 bits per heavy atom. The highest BCUT2D eigenvalue weighted by molar-refractivity contribution is 9.10. The molecule has 0 spiro atoms. The smallest absolute Gasteiger partial charge is 0.316 e. The quantitative estimate of drug-likeness (QED) is 0.401. The molecule has 144 valence electrons. The molecule has 1 aliphatic rings. The molecule has 0 bridgehead atoms. The number of hydrogen-bond acceptors (Lipinski definition) is 8. The first-order valence-corrected chi connectivity index (χ1v) is 9.44. The summed E-state index contributed by atoms with van der Waals surface area (Å²) in [6.45, 7) is 2.40. The third-order valence-electron chi connectivity index (χ3n) is 3.75. The second kappa shape index (κ2) is 8.15. The Morgan fingerprint density at radius 1 is 1.07 bits per heavy atom. The number of fused-ring (bicyclic) bond motifs is 1. The Bertz CT molecular complexity index is 1000. The van der Waals surface area contributed by atoms with E-state index in [4.69, 9.17) is 30.5 Å². The standard InChI is InChI=1S/C18H14BrClN4O4/c1-10-23-16(20)15(11-2-3-13-14(6-11)28-9-27-13)17(24-10)25-4-5-26-18-21-7-12(19)8-22-18/h2-3,6-8H,4-5,9H2,1H3. The molecule has 0 amide bonds. The summed E-state index contributed by atoms with van der Waals surface area (Å²) in [5.41, 5.74) is 1.34. The van der Waals surface area contributed by atoms with Gasteiger partial charge in [0.2, 0.25) is 12.7 Å². The minimum absolute atomic E-state index is 0.190. The number of hydrogen-bond donors (Lipinski definition) is 0. The number of nitrogens with zero attached hydrogens (tertiary/aromatic N) is 4. The van der Waals surface area contributed by atoms with Crippen LogP contribution in [0.4, 0.5) is 0 Å². The summed E-state index contributed by atoms with van der Waals surface area (Å²) in [6, 6.07) is 5.75. The largest absolute Gasteiger partial charge is 0.473 e. The summed E-state index contributed by atoms with van der Waals surface area (Å²) in [4.78, 5) is 16.7. The van der Waals surface area contributed by atoms with E-state index < -0.39 is 0 Å². The van der Waals surface area contributed by atoms with Crippen molar-refractivity contribution < 1.29 is 18.9 Å². The van der Waals surface area contributed by atoms with E-state index >= 15 is 0 Å². The predicted octanol–water partition coefficient (Wildman–Crippen LogP) is 3.84. The molecule has 2 aromatic heterocycles. The monoisotopic (exact) mass is 464 g/mol. The van der Waals surface area contributed by atoms with Gasteiger partial charge < -0.3 is 18.9 Å². The highest BCUT2D eigenvalue weighted by Gasteiger charge is 2.20. The highest BCUT2D eigenvalue weighted by Crippen LogP contribution is 2.40. The fraction of sp³-hybridized carbons (Fsp3) is 0.222. The van der Waals surface area contributed by atoms with Crippen LogP contribution in [0, 0.1) is 6.92 Å². The average Bonchev–Trinajstić information content (AvgIpc) is 3.14. The lowest BCUT2D eigenvalue weighted by Crippen LogP contribution is -2.12. The van der Waals surface area contributed by atoms with Crippen LogP contribution in [0.2, 0.25) is 5.15 Å². The maximum Gasteiger partial charge on any atom is 0.316 e. The van der Waals surface area contributed by atoms with Crippen molar-refractivity contribution in [1.29, 1.82) is 0 Å². The number of halogens is 2. The normalized spacial score (nSPS) is 12.1. The lowest BCUT2D eigenvalue weighted by atomic mass is 10.1. The number of rotatable bonds is 6. The number of ether oxygens (including phenoxy) is 4. The minimum Gasteiger partial charge on any atom is -0.473 e. The van der Waals surface area contributed by atoms with E-state index in [1.807, 2.05) is 18.2 Å². The molecule has 0 saturated carbocycles. The lowest BCUT2D eigenvalue weighted by molar-refractivity contribution is 0.174. The first kappa shape index (κ1) is 18.7. The first-order chi connectivity index (χ1) is 13.6. The summed E-state index contributed by atoms with van der Waals surface area (Å²) in [6.07, 6.45) is 3.21. The Kier molecular flexibility index (Phi) is 5.45. The van der Waals surface area contributed by atoms with Crippen LogP contribution in [0.3, 0.4) is 0 Å². The third kappa shape index (κ3) is 4.10. The zero-order valence-corrected chi connectivity index (χ0v) is 17.0. The number of benzene rings is 1. The molecule has 3 heterocycles. The van der Waals surface area contributed by atoms with Crippen molar-refractivity contribution in [3.63, 3.8) is 0 Å². The number of aromatic nitrogens is 4. The molecule has 0 N–H and O–H groups in total. The zero-order chi connectivity index (χ0) is 19.5. The van der Waals surface area contributed by atoms with Gasteiger partial charge in [-0.3, -0.25) is 0 Å². The fourth-order valence-electron chi connectivity index (χ4n) is 2.56. The Morgan fingerprint density at radius 3 is 2.64 bits per heavy atom. The first-order valence-electron chi connectivity index (χ1n) is 8.27. The summed E-state index contributed by atoms with van der Waals surface area (Å²) in [5, 5.41) is 0.290. The molecule has 0 aliphatic carbocycles. The van der Waals surface area contributed by atoms with E-state index in [-0.39, 0.29) is 26.0 Å². The van der Waals surface area contributed by atoms with E-state index in [0.717, 1.165) is 10.0 Å². The summed E-state index contributed by atoms with van der Waals surface area (Å²) >= 11 is 9.66. The molecular formula is C18H14BrClN4O4. The highest BCUT2D eigenvalue weighted by atomic mass is 79.9. The van der Waals surface area contributed by atoms with Crippen molar-refractivity contribution in [2.24, 2.45) is 0 Å². The molecule has 4 rings (SSSR count). The van der Waals surface area contributed by atoms with Crippen molar-refractivity contribution in [2.75, 3.05) is 20.0 Å². The van der Waals surface area contributed by atoms with Crippen molar-refractivity contribution >= 4 is 27.5 Å². The zero-order valence-electron chi connectivity index (χ0n) is 14.7. The van der Waals surface area contributed by atoms with E-state index in [0.29, 0.717) is 33.9 Å². The van der Waals surface area contributed by atoms with Gasteiger partial charge in [0, 0.05) is 12.4 Å². The van der Waals surface area contributed by atoms with Crippen LogP contribution in [0.25, 0.3) is 11.1 Å². The molecule has 0 unspecified atom stereocenters. The molecule has 28 heavy (non-hydrogen) atoms. The molecule has 0 atom stereocenters. The van der Waals surface area contributed by atoms with Gasteiger partial charge in [-0.2, -0.15) is 4.98 Å². The molecular weight excluding hydrogens is 452 g/mol. The van der Waals surface area contributed by atoms with Crippen LogP contribution >= 0.6 is 27.5 Å². The van der Waals surface area contributed by atoms with Gasteiger partial charge in [-0.05, 0) is 40.5 Å². The Hall–Kier alpha value is -2.65. The summed E-state index contributed by atoms with van der Waals surface area (Å²) in [7, 11) is 0. The van der Waals surface area contributed by atoms with Crippen molar-refractivity contribution in [2.45, 2.75) is 6.92 Å². The average molecular weight is 466 g/mol. The third-order valence-corrected chi connectivity index (χ3v) is 4.44. The van der Waals surface area contributed by atoms with Gasteiger partial charge in [0.05, 0.1) is 10.0 Å². The van der Waals surface area contributed by atoms with Crippen LogP contribution in [-0.4, -0.2) is 39.9 Å². The van der Waals surface area contributed by atoms with E-state index in [9.17, 15) is 0 Å². The van der Waals surface area contributed by atoms with E-state index in [1.165, 1.54) is 0 Å². The minimum atomic E-state index is 0.190. The Labute approximate surface area is 174 Å². The van der Waals surface area contributed by atoms with Gasteiger partial charge in [0.1, 0.15) is 24.2 Å². The molecule has 1 aliphatic heterocycles. The maximum absolute atomic E-state index is 6.38. The second-order valence-corrected chi connectivity index (χ2v) is 6.96. The maximum atomic E-state index is 6.38. The molecule has 10 heteroatoms. The van der Waals surface area contributed by atoms with Gasteiger partial charge >= 0.3 is 6.01 Å². The number of aryl methyl sites for hydroxylation is 1. The summed E-state index contributed by atoms with van der Waals surface area (Å²) in [5.74, 6) is 2.17. The van der Waals surface area contributed by atoms with Crippen LogP contribution < -0.4 is 18.9 Å². The van der Waals surface area contributed by atoms with Crippen LogP contribution in [0.5, 0.6) is 23.4 Å². The van der Waals surface area contributed by atoms with Gasteiger partial charge in [0.15, 0.2) is 11.5 Å². The molecule has 3 aromatic rings. The lowest BCUT2D eigenvalue weighted by Gasteiger charge is -2.13. The topological polar surface area (TPSA) is 88.5 Å². The molecule has 8 nitrogen and oxygen atoms in total.